The van der Waals surface area contributed by atoms with Crippen molar-refractivity contribution < 1.29 is 9.47 Å². The molecule has 5 rings (SSSR count). The van der Waals surface area contributed by atoms with E-state index in [-0.39, 0.29) is 5.56 Å². The molecule has 7 nitrogen and oxygen atoms in total. The number of methoxy groups -OCH3 is 2. The second kappa shape index (κ2) is 10.2. The summed E-state index contributed by atoms with van der Waals surface area (Å²) < 4.78 is 10.7. The van der Waals surface area contributed by atoms with Crippen molar-refractivity contribution in [1.82, 2.24) is 15.0 Å². The highest BCUT2D eigenvalue weighted by molar-refractivity contribution is 5.87. The number of pyridine rings is 1. The average Bonchev–Trinajstić information content (AvgIpc) is 2.92. The van der Waals surface area contributed by atoms with Crippen LogP contribution in [0.3, 0.4) is 0 Å². The Kier molecular flexibility index (Phi) is 6.66. The predicted molar refractivity (Wildman–Crippen MR) is 138 cm³/mol. The molecule has 0 radical (unpaired) electrons. The molecule has 180 valence electrons. The van der Waals surface area contributed by atoms with Gasteiger partial charge in [0.1, 0.15) is 28.5 Å². The van der Waals surface area contributed by atoms with Crippen LogP contribution in [0.15, 0.2) is 65.6 Å². The van der Waals surface area contributed by atoms with Gasteiger partial charge in [-0.05, 0) is 49.3 Å². The molecule has 2 aromatic carbocycles. The molecule has 0 unspecified atom stereocenters. The molecule has 0 saturated carbocycles. The number of hydrogen-bond acceptors (Lipinski definition) is 6. The highest BCUT2D eigenvalue weighted by atomic mass is 16.5. The van der Waals surface area contributed by atoms with E-state index in [2.05, 4.69) is 50.2 Å². The van der Waals surface area contributed by atoms with Gasteiger partial charge in [-0.3, -0.25) is 4.79 Å². The number of nitrogens with zero attached hydrogens (tertiary/aromatic N) is 3. The van der Waals surface area contributed by atoms with Crippen molar-refractivity contribution >= 4 is 16.7 Å². The number of piperidine rings is 1. The Morgan fingerprint density at radius 2 is 1.83 bits per heavy atom. The molecule has 1 N–H and O–H groups in total. The Labute approximate surface area is 204 Å². The number of fused-ring (bicyclic) bond motifs is 1. The van der Waals surface area contributed by atoms with E-state index in [1.165, 1.54) is 31.9 Å². The maximum absolute atomic E-state index is 12.8. The SMILES string of the molecule is COc1cc(OC)c2c(=O)[nH]c(-c3ccc(N4CCC(CCc5ccccc5)CC4)nc3)nc2c1. The first kappa shape index (κ1) is 22.9. The molecule has 0 amide bonds. The summed E-state index contributed by atoms with van der Waals surface area (Å²) in [5.41, 5.74) is 2.43. The molecular weight excluding hydrogens is 440 g/mol. The molecule has 1 aliphatic rings. The van der Waals surface area contributed by atoms with Gasteiger partial charge >= 0.3 is 0 Å². The van der Waals surface area contributed by atoms with Gasteiger partial charge in [0, 0.05) is 37.0 Å². The molecule has 3 heterocycles. The topological polar surface area (TPSA) is 80.3 Å². The van der Waals surface area contributed by atoms with Crippen LogP contribution in [0.25, 0.3) is 22.3 Å². The first-order valence-electron chi connectivity index (χ1n) is 12.1. The molecule has 1 aliphatic heterocycles. The summed E-state index contributed by atoms with van der Waals surface area (Å²) in [6, 6.07) is 18.1. The summed E-state index contributed by atoms with van der Waals surface area (Å²) in [4.78, 5) is 27.3. The van der Waals surface area contributed by atoms with Crippen molar-refractivity contribution in [3.05, 3.63) is 76.7 Å². The van der Waals surface area contributed by atoms with Crippen LogP contribution >= 0.6 is 0 Å². The van der Waals surface area contributed by atoms with Crippen LogP contribution in [0.4, 0.5) is 5.82 Å². The first-order chi connectivity index (χ1) is 17.1. The fraction of sp³-hybridized carbons (Fsp3) is 0.321. The largest absolute Gasteiger partial charge is 0.497 e. The lowest BCUT2D eigenvalue weighted by molar-refractivity contribution is 0.381. The summed E-state index contributed by atoms with van der Waals surface area (Å²) in [6.45, 7) is 2.02. The standard InChI is InChI=1S/C28H30N4O3/c1-34-22-16-23-26(24(17-22)35-2)28(33)31-27(30-23)21-10-11-25(29-18-21)32-14-12-20(13-15-32)9-8-19-6-4-3-5-7-19/h3-7,10-11,16-18,20H,8-9,12-15H2,1-2H3,(H,30,31,33). The van der Waals surface area contributed by atoms with Crippen molar-refractivity contribution in [2.24, 2.45) is 5.92 Å². The van der Waals surface area contributed by atoms with E-state index in [0.717, 1.165) is 36.8 Å². The molecule has 0 bridgehead atoms. The predicted octanol–water partition coefficient (Wildman–Crippen LogP) is 4.85. The molecule has 4 aromatic rings. The Morgan fingerprint density at radius 1 is 1.03 bits per heavy atom. The molecule has 1 saturated heterocycles. The fourth-order valence-electron chi connectivity index (χ4n) is 4.81. The summed E-state index contributed by atoms with van der Waals surface area (Å²) in [7, 11) is 3.10. The minimum atomic E-state index is -0.258. The minimum Gasteiger partial charge on any atom is -0.497 e. The zero-order chi connectivity index (χ0) is 24.2. The normalized spacial score (nSPS) is 14.3. The molecule has 1 fully saturated rings. The third kappa shape index (κ3) is 4.99. The van der Waals surface area contributed by atoms with Crippen LogP contribution in [0.5, 0.6) is 11.5 Å². The van der Waals surface area contributed by atoms with Crippen LogP contribution in [0, 0.1) is 5.92 Å². The molecule has 0 atom stereocenters. The van der Waals surface area contributed by atoms with Gasteiger partial charge in [-0.2, -0.15) is 0 Å². The number of benzene rings is 2. The number of ether oxygens (including phenoxy) is 2. The van der Waals surface area contributed by atoms with Crippen molar-refractivity contribution in [2.75, 3.05) is 32.2 Å². The second-order valence-corrected chi connectivity index (χ2v) is 9.00. The molecule has 0 spiro atoms. The summed E-state index contributed by atoms with van der Waals surface area (Å²) in [5, 5.41) is 0.400. The fourth-order valence-corrected chi connectivity index (χ4v) is 4.81. The van der Waals surface area contributed by atoms with E-state index in [1.54, 1.807) is 25.4 Å². The maximum Gasteiger partial charge on any atom is 0.262 e. The second-order valence-electron chi connectivity index (χ2n) is 9.00. The van der Waals surface area contributed by atoms with E-state index in [0.29, 0.717) is 28.2 Å². The van der Waals surface area contributed by atoms with E-state index in [4.69, 9.17) is 9.47 Å². The zero-order valence-electron chi connectivity index (χ0n) is 20.2. The number of anilines is 1. The lowest BCUT2D eigenvalue weighted by atomic mass is 9.90. The summed E-state index contributed by atoms with van der Waals surface area (Å²) in [5.74, 6) is 3.20. The molecule has 35 heavy (non-hydrogen) atoms. The molecule has 2 aromatic heterocycles. The molecule has 7 heteroatoms. The number of H-pyrrole nitrogens is 1. The van der Waals surface area contributed by atoms with E-state index < -0.39 is 0 Å². The Hall–Kier alpha value is -3.87. The minimum absolute atomic E-state index is 0.258. The van der Waals surface area contributed by atoms with Gasteiger partial charge in [-0.1, -0.05) is 30.3 Å². The third-order valence-corrected chi connectivity index (χ3v) is 6.85. The molecular formula is C28H30N4O3. The maximum atomic E-state index is 12.8. The van der Waals surface area contributed by atoms with E-state index in [1.807, 2.05) is 12.1 Å². The Bertz CT molecular complexity index is 1340. The zero-order valence-corrected chi connectivity index (χ0v) is 20.2. The summed E-state index contributed by atoms with van der Waals surface area (Å²) in [6.07, 6.45) is 6.52. The average molecular weight is 471 g/mol. The number of hydrogen-bond donors (Lipinski definition) is 1. The van der Waals surface area contributed by atoms with Gasteiger partial charge in [0.2, 0.25) is 0 Å². The smallest absolute Gasteiger partial charge is 0.262 e. The van der Waals surface area contributed by atoms with Crippen LogP contribution in [-0.4, -0.2) is 42.3 Å². The van der Waals surface area contributed by atoms with Gasteiger partial charge in [0.05, 0.1) is 19.7 Å². The van der Waals surface area contributed by atoms with E-state index in [9.17, 15) is 4.79 Å². The lowest BCUT2D eigenvalue weighted by Crippen LogP contribution is -2.34. The Balaban J connectivity index is 1.27. The molecule has 0 aliphatic carbocycles. The summed E-state index contributed by atoms with van der Waals surface area (Å²) >= 11 is 0. The van der Waals surface area contributed by atoms with Crippen molar-refractivity contribution in [2.45, 2.75) is 25.7 Å². The van der Waals surface area contributed by atoms with Crippen LogP contribution < -0.4 is 19.9 Å². The number of aromatic amines is 1. The van der Waals surface area contributed by atoms with Gasteiger partial charge in [0.15, 0.2) is 0 Å². The number of aryl methyl sites for hydroxylation is 1. The Morgan fingerprint density at radius 3 is 2.51 bits per heavy atom. The van der Waals surface area contributed by atoms with E-state index >= 15 is 0 Å². The lowest BCUT2D eigenvalue weighted by Gasteiger charge is -2.33. The van der Waals surface area contributed by atoms with Gasteiger partial charge in [-0.15, -0.1) is 0 Å². The number of nitrogens with one attached hydrogen (secondary N) is 1. The van der Waals surface area contributed by atoms with Crippen LogP contribution in [-0.2, 0) is 6.42 Å². The number of aromatic nitrogens is 3. The van der Waals surface area contributed by atoms with Gasteiger partial charge in [0.25, 0.3) is 5.56 Å². The quantitative estimate of drug-likeness (QED) is 0.416. The monoisotopic (exact) mass is 470 g/mol. The van der Waals surface area contributed by atoms with Crippen molar-refractivity contribution in [3.8, 4) is 22.9 Å². The highest BCUT2D eigenvalue weighted by Gasteiger charge is 2.20. The number of rotatable bonds is 7. The van der Waals surface area contributed by atoms with Crippen LogP contribution in [0.2, 0.25) is 0 Å². The first-order valence-corrected chi connectivity index (χ1v) is 12.1. The van der Waals surface area contributed by atoms with Crippen molar-refractivity contribution in [3.63, 3.8) is 0 Å². The van der Waals surface area contributed by atoms with Gasteiger partial charge in [-0.25, -0.2) is 9.97 Å². The third-order valence-electron chi connectivity index (χ3n) is 6.85. The van der Waals surface area contributed by atoms with Crippen molar-refractivity contribution in [1.29, 1.82) is 0 Å². The van der Waals surface area contributed by atoms with Gasteiger partial charge < -0.3 is 19.4 Å². The highest BCUT2D eigenvalue weighted by Crippen LogP contribution is 2.29. The van der Waals surface area contributed by atoms with Crippen LogP contribution in [0.1, 0.15) is 24.8 Å².